The van der Waals surface area contributed by atoms with Crippen molar-refractivity contribution in [2.75, 3.05) is 5.32 Å². The van der Waals surface area contributed by atoms with Crippen LogP contribution in [0.5, 0.6) is 5.75 Å². The summed E-state index contributed by atoms with van der Waals surface area (Å²) >= 11 is 0. The number of fused-ring (bicyclic) bond motifs is 3. The topological polar surface area (TPSA) is 50.4 Å². The lowest BCUT2D eigenvalue weighted by Gasteiger charge is -2.38. The number of hydrogen-bond acceptors (Lipinski definition) is 3. The largest absolute Gasteiger partial charge is 0.489 e. The Kier molecular flexibility index (Phi) is 6.50. The van der Waals surface area contributed by atoms with E-state index in [0.29, 0.717) is 24.5 Å². The molecule has 3 unspecified atom stereocenters. The van der Waals surface area contributed by atoms with Gasteiger partial charge in [-0.15, -0.1) is 0 Å². The van der Waals surface area contributed by atoms with Crippen LogP contribution in [0.15, 0.2) is 84.9 Å². The molecule has 1 amide bonds. The Morgan fingerprint density at radius 2 is 1.72 bits per heavy atom. The molecule has 0 saturated heterocycles. The van der Waals surface area contributed by atoms with Gasteiger partial charge in [0.2, 0.25) is 0 Å². The van der Waals surface area contributed by atoms with Crippen LogP contribution in [0.2, 0.25) is 0 Å². The third-order valence-corrected chi connectivity index (χ3v) is 8.07. The summed E-state index contributed by atoms with van der Waals surface area (Å²) in [5.41, 5.74) is 5.39. The van der Waals surface area contributed by atoms with Crippen molar-refractivity contribution >= 4 is 11.6 Å². The van der Waals surface area contributed by atoms with Crippen molar-refractivity contribution in [2.24, 2.45) is 5.92 Å². The molecule has 4 heteroatoms. The fraction of sp³-hybridized carbons (Fsp3) is 0.344. The van der Waals surface area contributed by atoms with Gasteiger partial charge in [-0.25, -0.2) is 0 Å². The monoisotopic (exact) mass is 478 g/mol. The number of benzene rings is 3. The maximum atomic E-state index is 13.4. The molecule has 1 heterocycles. The molecule has 3 aromatic rings. The summed E-state index contributed by atoms with van der Waals surface area (Å²) in [6, 6.07) is 25.3. The molecule has 0 bridgehead atoms. The highest BCUT2D eigenvalue weighted by molar-refractivity contribution is 6.01. The molecular weight excluding hydrogens is 444 g/mol. The summed E-state index contributed by atoms with van der Waals surface area (Å²) in [4.78, 5) is 13.4. The third-order valence-electron chi connectivity index (χ3n) is 8.07. The van der Waals surface area contributed by atoms with E-state index in [4.69, 9.17) is 4.74 Å². The molecule has 3 aliphatic rings. The minimum absolute atomic E-state index is 0.0510. The fourth-order valence-corrected chi connectivity index (χ4v) is 6.16. The lowest BCUT2D eigenvalue weighted by molar-refractivity contribution is 0.0928. The van der Waals surface area contributed by atoms with Crippen LogP contribution in [0, 0.1) is 5.92 Å². The molecule has 4 nitrogen and oxygen atoms in total. The number of nitrogens with one attached hydrogen (secondary N) is 2. The van der Waals surface area contributed by atoms with Gasteiger partial charge in [0.1, 0.15) is 12.4 Å². The van der Waals surface area contributed by atoms with Gasteiger partial charge in [0.05, 0.1) is 17.3 Å². The van der Waals surface area contributed by atoms with Gasteiger partial charge in [-0.3, -0.25) is 4.79 Å². The minimum atomic E-state index is 0.0510. The quantitative estimate of drug-likeness (QED) is 0.370. The number of amides is 1. The van der Waals surface area contributed by atoms with E-state index in [1.807, 2.05) is 30.3 Å². The molecular formula is C32H34N2O2. The first kappa shape index (κ1) is 22.9. The zero-order chi connectivity index (χ0) is 24.3. The van der Waals surface area contributed by atoms with Gasteiger partial charge in [0.25, 0.3) is 5.91 Å². The Morgan fingerprint density at radius 3 is 2.53 bits per heavy atom. The number of allylic oxidation sites excluding steroid dienone is 2. The van der Waals surface area contributed by atoms with Crippen LogP contribution in [0.1, 0.15) is 77.5 Å². The molecule has 184 valence electrons. The van der Waals surface area contributed by atoms with Gasteiger partial charge in [-0.2, -0.15) is 0 Å². The fourth-order valence-electron chi connectivity index (χ4n) is 6.16. The lowest BCUT2D eigenvalue weighted by Crippen LogP contribution is -2.37. The van der Waals surface area contributed by atoms with Crippen molar-refractivity contribution in [2.45, 2.75) is 63.1 Å². The van der Waals surface area contributed by atoms with Crippen LogP contribution in [0.3, 0.4) is 0 Å². The first-order valence-corrected chi connectivity index (χ1v) is 13.4. The van der Waals surface area contributed by atoms with E-state index in [1.54, 1.807) is 0 Å². The summed E-state index contributed by atoms with van der Waals surface area (Å²) in [7, 11) is 0. The van der Waals surface area contributed by atoms with E-state index in [9.17, 15) is 4.79 Å². The van der Waals surface area contributed by atoms with Crippen molar-refractivity contribution in [3.63, 3.8) is 0 Å². The number of hydrogen-bond donors (Lipinski definition) is 2. The van der Waals surface area contributed by atoms with Crippen molar-refractivity contribution in [1.29, 1.82) is 0 Å². The van der Waals surface area contributed by atoms with Crippen LogP contribution >= 0.6 is 0 Å². The van der Waals surface area contributed by atoms with Gasteiger partial charge < -0.3 is 15.4 Å². The molecule has 36 heavy (non-hydrogen) atoms. The molecule has 2 N–H and O–H groups in total. The van der Waals surface area contributed by atoms with Crippen molar-refractivity contribution in [1.82, 2.24) is 5.32 Å². The second-order valence-corrected chi connectivity index (χ2v) is 10.4. The second kappa shape index (κ2) is 10.2. The zero-order valence-corrected chi connectivity index (χ0v) is 20.7. The smallest absolute Gasteiger partial charge is 0.253 e. The molecule has 1 fully saturated rings. The maximum Gasteiger partial charge on any atom is 0.253 e. The first-order valence-electron chi connectivity index (χ1n) is 13.4. The van der Waals surface area contributed by atoms with E-state index in [0.717, 1.165) is 41.8 Å². The number of para-hydroxylation sites is 1. The molecule has 3 aromatic carbocycles. The van der Waals surface area contributed by atoms with Crippen LogP contribution < -0.4 is 15.4 Å². The van der Waals surface area contributed by atoms with Gasteiger partial charge in [-0.1, -0.05) is 86.0 Å². The summed E-state index contributed by atoms with van der Waals surface area (Å²) in [6.45, 7) is 0.559. The second-order valence-electron chi connectivity index (χ2n) is 10.4. The van der Waals surface area contributed by atoms with Crippen LogP contribution in [0.4, 0.5) is 5.69 Å². The average Bonchev–Trinajstić information content (AvgIpc) is 3.43. The number of rotatable bonds is 6. The number of carbonyl (C=O) groups is 1. The predicted molar refractivity (Wildman–Crippen MR) is 144 cm³/mol. The molecule has 0 spiro atoms. The standard InChI is InChI=1S/C32H34N2O2/c35-32(33-24-11-5-2-6-12-24)29-16-8-15-28-26-13-7-14-27(26)30(34-31(28)29)23-17-19-25(20-18-23)36-21-22-9-3-1-4-10-22/h1,3-4,7-10,13,15-20,24,26-27,30,34H,2,5-6,11-12,14,21H2,(H,33,35). The normalized spacial score (nSPS) is 22.8. The zero-order valence-electron chi connectivity index (χ0n) is 20.7. The SMILES string of the molecule is O=C(NC1CCCCC1)c1cccc2c1NC(c1ccc(OCc3ccccc3)cc1)C1CC=CC21. The summed E-state index contributed by atoms with van der Waals surface area (Å²) in [6.07, 6.45) is 11.5. The number of anilines is 1. The maximum absolute atomic E-state index is 13.4. The molecule has 1 aliphatic heterocycles. The lowest BCUT2D eigenvalue weighted by atomic mass is 9.76. The summed E-state index contributed by atoms with van der Waals surface area (Å²) < 4.78 is 6.01. The Hall–Kier alpha value is -3.53. The number of ether oxygens (including phenoxy) is 1. The van der Waals surface area contributed by atoms with Crippen molar-refractivity contribution < 1.29 is 9.53 Å². The highest BCUT2D eigenvalue weighted by Gasteiger charge is 2.39. The molecule has 6 rings (SSSR count). The predicted octanol–water partition coefficient (Wildman–Crippen LogP) is 7.15. The number of carbonyl (C=O) groups excluding carboxylic acids is 1. The molecule has 0 aromatic heterocycles. The van der Waals surface area contributed by atoms with E-state index >= 15 is 0 Å². The Morgan fingerprint density at radius 1 is 0.917 bits per heavy atom. The van der Waals surface area contributed by atoms with E-state index < -0.39 is 0 Å². The van der Waals surface area contributed by atoms with E-state index in [2.05, 4.69) is 65.3 Å². The summed E-state index contributed by atoms with van der Waals surface area (Å²) in [5, 5.41) is 7.13. The summed E-state index contributed by atoms with van der Waals surface area (Å²) in [5.74, 6) is 1.68. The molecule has 3 atom stereocenters. The van der Waals surface area contributed by atoms with Crippen molar-refractivity contribution in [3.8, 4) is 5.75 Å². The highest BCUT2D eigenvalue weighted by atomic mass is 16.5. The van der Waals surface area contributed by atoms with Crippen LogP contribution in [-0.4, -0.2) is 11.9 Å². The van der Waals surface area contributed by atoms with Crippen LogP contribution in [-0.2, 0) is 6.61 Å². The van der Waals surface area contributed by atoms with Gasteiger partial charge in [0, 0.05) is 12.0 Å². The van der Waals surface area contributed by atoms with Gasteiger partial charge in [0.15, 0.2) is 0 Å². The first-order chi connectivity index (χ1) is 17.8. The Balaban J connectivity index is 1.23. The van der Waals surface area contributed by atoms with E-state index in [-0.39, 0.29) is 11.9 Å². The third kappa shape index (κ3) is 4.65. The Bertz CT molecular complexity index is 1230. The highest BCUT2D eigenvalue weighted by Crippen LogP contribution is 2.50. The van der Waals surface area contributed by atoms with Crippen molar-refractivity contribution in [3.05, 3.63) is 107 Å². The van der Waals surface area contributed by atoms with Crippen LogP contribution in [0.25, 0.3) is 0 Å². The van der Waals surface area contributed by atoms with Gasteiger partial charge in [-0.05, 0) is 60.1 Å². The van der Waals surface area contributed by atoms with E-state index in [1.165, 1.54) is 30.4 Å². The Labute approximate surface area is 213 Å². The minimum Gasteiger partial charge on any atom is -0.489 e. The average molecular weight is 479 g/mol. The molecule has 0 radical (unpaired) electrons. The molecule has 1 saturated carbocycles. The molecule has 2 aliphatic carbocycles. The van der Waals surface area contributed by atoms with Gasteiger partial charge >= 0.3 is 0 Å².